The van der Waals surface area contributed by atoms with Gasteiger partial charge < -0.3 is 10.1 Å². The molecule has 2 fully saturated rings. The Morgan fingerprint density at radius 3 is 2.75 bits per heavy atom. The van der Waals surface area contributed by atoms with Crippen LogP contribution in [-0.4, -0.2) is 63.4 Å². The van der Waals surface area contributed by atoms with E-state index in [9.17, 15) is 4.79 Å². The van der Waals surface area contributed by atoms with E-state index in [4.69, 9.17) is 4.74 Å². The van der Waals surface area contributed by atoms with Gasteiger partial charge in [-0.1, -0.05) is 43.2 Å². The predicted octanol–water partition coefficient (Wildman–Crippen LogP) is 1.35. The van der Waals surface area contributed by atoms with Crippen molar-refractivity contribution in [3.8, 4) is 0 Å². The van der Waals surface area contributed by atoms with Gasteiger partial charge in [0.15, 0.2) is 5.82 Å². The van der Waals surface area contributed by atoms with Crippen LogP contribution in [0.15, 0.2) is 30.3 Å². The van der Waals surface area contributed by atoms with Crippen LogP contribution >= 0.6 is 0 Å². The molecule has 1 saturated carbocycles. The highest BCUT2D eigenvalue weighted by Gasteiger charge is 2.28. The molecule has 1 amide bonds. The summed E-state index contributed by atoms with van der Waals surface area (Å²) in [6, 6.07) is 10.7. The number of aromatic nitrogens is 4. The van der Waals surface area contributed by atoms with Crippen LogP contribution in [0.25, 0.3) is 0 Å². The maximum Gasteiger partial charge on any atom is 0.242 e. The zero-order valence-electron chi connectivity index (χ0n) is 16.2. The SMILES string of the molecule is O=C(Cn1nnnc1CN1CCOCC1)N[C@@H]1CCCC[C@H]1c1ccccc1. The number of nitrogens with one attached hydrogen (secondary N) is 1. The largest absolute Gasteiger partial charge is 0.379 e. The Labute approximate surface area is 165 Å². The molecule has 2 heterocycles. The van der Waals surface area contributed by atoms with Gasteiger partial charge in [0.25, 0.3) is 0 Å². The van der Waals surface area contributed by atoms with Gasteiger partial charge in [-0.15, -0.1) is 5.10 Å². The molecule has 8 nitrogen and oxygen atoms in total. The first kappa shape index (κ1) is 19.0. The van der Waals surface area contributed by atoms with Crippen LogP contribution in [0, 0.1) is 0 Å². The van der Waals surface area contributed by atoms with Crippen LogP contribution in [0.3, 0.4) is 0 Å². The van der Waals surface area contributed by atoms with E-state index in [0.29, 0.717) is 12.5 Å². The van der Waals surface area contributed by atoms with Crippen molar-refractivity contribution in [2.45, 2.75) is 50.7 Å². The second kappa shape index (κ2) is 9.25. The topological polar surface area (TPSA) is 85.2 Å². The van der Waals surface area contributed by atoms with E-state index in [1.54, 1.807) is 4.68 Å². The Balaban J connectivity index is 1.37. The fourth-order valence-corrected chi connectivity index (χ4v) is 4.21. The van der Waals surface area contributed by atoms with Gasteiger partial charge in [0.2, 0.25) is 5.91 Å². The van der Waals surface area contributed by atoms with Gasteiger partial charge in [0, 0.05) is 25.0 Å². The number of tetrazole rings is 1. The van der Waals surface area contributed by atoms with Crippen LogP contribution in [0.5, 0.6) is 0 Å². The number of ether oxygens (including phenoxy) is 1. The summed E-state index contributed by atoms with van der Waals surface area (Å²) in [7, 11) is 0. The van der Waals surface area contributed by atoms with Crippen LogP contribution in [0.4, 0.5) is 0 Å². The maximum atomic E-state index is 12.7. The average molecular weight is 384 g/mol. The van der Waals surface area contributed by atoms with Crippen molar-refractivity contribution in [1.82, 2.24) is 30.4 Å². The number of carbonyl (C=O) groups excluding carboxylic acids is 1. The standard InChI is InChI=1S/C20H28N6O2/c27-20(15-26-19(22-23-24-26)14-25-10-12-28-13-11-25)21-18-9-5-4-8-17(18)16-6-2-1-3-7-16/h1-3,6-7,17-18H,4-5,8-15H2,(H,21,27)/t17-,18+/m0/s1. The number of rotatable bonds is 6. The molecule has 1 saturated heterocycles. The lowest BCUT2D eigenvalue weighted by Gasteiger charge is -2.32. The summed E-state index contributed by atoms with van der Waals surface area (Å²) in [6.07, 6.45) is 4.49. The van der Waals surface area contributed by atoms with E-state index in [0.717, 1.165) is 51.4 Å². The zero-order chi connectivity index (χ0) is 19.2. The third-order valence-electron chi connectivity index (χ3n) is 5.71. The van der Waals surface area contributed by atoms with E-state index < -0.39 is 0 Å². The fourth-order valence-electron chi connectivity index (χ4n) is 4.21. The van der Waals surface area contributed by atoms with Crippen molar-refractivity contribution in [3.05, 3.63) is 41.7 Å². The normalized spacial score (nSPS) is 23.4. The van der Waals surface area contributed by atoms with Crippen molar-refractivity contribution in [3.63, 3.8) is 0 Å². The molecule has 8 heteroatoms. The first-order valence-electron chi connectivity index (χ1n) is 10.2. The highest BCUT2D eigenvalue weighted by molar-refractivity contribution is 5.76. The molecule has 150 valence electrons. The van der Waals surface area contributed by atoms with Crippen molar-refractivity contribution in [2.24, 2.45) is 0 Å². The van der Waals surface area contributed by atoms with Gasteiger partial charge in [0.05, 0.1) is 19.8 Å². The predicted molar refractivity (Wildman–Crippen MR) is 103 cm³/mol. The van der Waals surface area contributed by atoms with Gasteiger partial charge in [-0.25, -0.2) is 4.68 Å². The minimum absolute atomic E-state index is 0.0247. The number of hydrogen-bond donors (Lipinski definition) is 1. The molecule has 1 aliphatic heterocycles. The van der Waals surface area contributed by atoms with Crippen molar-refractivity contribution in [1.29, 1.82) is 0 Å². The molecule has 0 radical (unpaired) electrons. The highest BCUT2D eigenvalue weighted by atomic mass is 16.5. The highest BCUT2D eigenvalue weighted by Crippen LogP contribution is 2.33. The van der Waals surface area contributed by atoms with Crippen LogP contribution < -0.4 is 5.32 Å². The lowest BCUT2D eigenvalue weighted by atomic mass is 9.80. The van der Waals surface area contributed by atoms with Crippen LogP contribution in [0.2, 0.25) is 0 Å². The Kier molecular flexibility index (Phi) is 6.28. The quantitative estimate of drug-likeness (QED) is 0.809. The lowest BCUT2D eigenvalue weighted by Crippen LogP contribution is -2.43. The number of hydrogen-bond acceptors (Lipinski definition) is 6. The summed E-state index contributed by atoms with van der Waals surface area (Å²) in [5, 5.41) is 15.2. The van der Waals surface area contributed by atoms with Crippen LogP contribution in [0.1, 0.15) is 43.0 Å². The lowest BCUT2D eigenvalue weighted by molar-refractivity contribution is -0.123. The van der Waals surface area contributed by atoms with E-state index in [1.807, 2.05) is 6.07 Å². The summed E-state index contributed by atoms with van der Waals surface area (Å²) in [5.41, 5.74) is 1.31. The second-order valence-electron chi connectivity index (χ2n) is 7.62. The van der Waals surface area contributed by atoms with Gasteiger partial charge in [-0.05, 0) is 28.8 Å². The van der Waals surface area contributed by atoms with Gasteiger partial charge >= 0.3 is 0 Å². The minimum atomic E-state index is -0.0247. The number of nitrogens with zero attached hydrogens (tertiary/aromatic N) is 5. The Hall–Kier alpha value is -2.32. The maximum absolute atomic E-state index is 12.7. The fraction of sp³-hybridized carbons (Fsp3) is 0.600. The number of carbonyl (C=O) groups is 1. The molecule has 2 atom stereocenters. The van der Waals surface area contributed by atoms with Gasteiger partial charge in [-0.2, -0.15) is 0 Å². The number of benzene rings is 1. The molecule has 4 rings (SSSR count). The Morgan fingerprint density at radius 2 is 1.93 bits per heavy atom. The van der Waals surface area contributed by atoms with Crippen molar-refractivity contribution < 1.29 is 9.53 Å². The first-order valence-corrected chi connectivity index (χ1v) is 10.2. The van der Waals surface area contributed by atoms with Gasteiger partial charge in [0.1, 0.15) is 6.54 Å². The molecule has 1 aliphatic carbocycles. The van der Waals surface area contributed by atoms with Crippen molar-refractivity contribution >= 4 is 5.91 Å². The molecule has 0 bridgehead atoms. The van der Waals surface area contributed by atoms with E-state index >= 15 is 0 Å². The molecule has 28 heavy (non-hydrogen) atoms. The molecule has 1 aromatic carbocycles. The Bertz CT molecular complexity index is 759. The molecule has 2 aromatic rings. The molecule has 1 aromatic heterocycles. The summed E-state index contributed by atoms with van der Waals surface area (Å²) >= 11 is 0. The smallest absolute Gasteiger partial charge is 0.242 e. The average Bonchev–Trinajstić information content (AvgIpc) is 3.16. The van der Waals surface area contributed by atoms with Crippen molar-refractivity contribution in [2.75, 3.05) is 26.3 Å². The molecule has 2 aliphatic rings. The third-order valence-corrected chi connectivity index (χ3v) is 5.71. The molecule has 1 N–H and O–H groups in total. The summed E-state index contributed by atoms with van der Waals surface area (Å²) in [6.45, 7) is 3.97. The molecule has 0 spiro atoms. The number of amides is 1. The zero-order valence-corrected chi connectivity index (χ0v) is 16.2. The molecule has 0 unspecified atom stereocenters. The Morgan fingerprint density at radius 1 is 1.14 bits per heavy atom. The van der Waals surface area contributed by atoms with Crippen LogP contribution in [-0.2, 0) is 22.6 Å². The van der Waals surface area contributed by atoms with E-state index in [1.165, 1.54) is 12.0 Å². The summed E-state index contributed by atoms with van der Waals surface area (Å²) < 4.78 is 7.00. The van der Waals surface area contributed by atoms with E-state index in [2.05, 4.69) is 50.0 Å². The van der Waals surface area contributed by atoms with Gasteiger partial charge in [-0.3, -0.25) is 9.69 Å². The third kappa shape index (κ3) is 4.74. The molecular formula is C20H28N6O2. The first-order chi connectivity index (χ1) is 13.8. The van der Waals surface area contributed by atoms with E-state index in [-0.39, 0.29) is 18.5 Å². The molecular weight excluding hydrogens is 356 g/mol. The monoisotopic (exact) mass is 384 g/mol. The summed E-state index contributed by atoms with van der Waals surface area (Å²) in [4.78, 5) is 15.0. The minimum Gasteiger partial charge on any atom is -0.379 e. The summed E-state index contributed by atoms with van der Waals surface area (Å²) in [5.74, 6) is 1.07. The second-order valence-corrected chi connectivity index (χ2v) is 7.62. The number of morpholine rings is 1.